The number of hydrogen-bond acceptors (Lipinski definition) is 2. The molecule has 0 saturated heterocycles. The number of furan rings is 1. The van der Waals surface area contributed by atoms with E-state index in [0.717, 1.165) is 15.4 Å². The third kappa shape index (κ3) is 2.62. The zero-order chi connectivity index (χ0) is 14.1. The lowest BCUT2D eigenvalue weighted by molar-refractivity contribution is 0.151. The summed E-state index contributed by atoms with van der Waals surface area (Å²) in [5, 5.41) is 11.1. The summed E-state index contributed by atoms with van der Waals surface area (Å²) in [6.07, 6.45) is -0.698. The van der Waals surface area contributed by atoms with Crippen LogP contribution in [0, 0.1) is 5.82 Å². The van der Waals surface area contributed by atoms with Gasteiger partial charge in [-0.25, -0.2) is 4.39 Å². The molecule has 0 aliphatic heterocycles. The van der Waals surface area contributed by atoms with E-state index >= 15 is 0 Å². The Morgan fingerprint density at radius 2 is 1.95 bits per heavy atom. The number of benzene rings is 2. The van der Waals surface area contributed by atoms with E-state index in [0.29, 0.717) is 11.3 Å². The molecule has 1 aromatic heterocycles. The lowest BCUT2D eigenvalue weighted by atomic mass is 10.1. The minimum atomic E-state index is -0.869. The monoisotopic (exact) mass is 334 g/mol. The first kappa shape index (κ1) is 13.3. The van der Waals surface area contributed by atoms with Crippen molar-refractivity contribution in [3.8, 4) is 0 Å². The number of halogens is 2. The minimum Gasteiger partial charge on any atom is -0.458 e. The zero-order valence-electron chi connectivity index (χ0n) is 10.5. The van der Waals surface area contributed by atoms with Crippen LogP contribution in [0.1, 0.15) is 17.4 Å². The van der Waals surface area contributed by atoms with Gasteiger partial charge in [-0.2, -0.15) is 0 Å². The maximum absolute atomic E-state index is 13.7. The van der Waals surface area contributed by atoms with Gasteiger partial charge in [-0.05, 0) is 35.9 Å². The van der Waals surface area contributed by atoms with Crippen molar-refractivity contribution >= 4 is 26.9 Å². The smallest absolute Gasteiger partial charge is 0.134 e. The minimum absolute atomic E-state index is 0.172. The SMILES string of the molecule is OC(Cc1cc(Br)ccc1F)c1cc2ccccc2o1. The van der Waals surface area contributed by atoms with E-state index in [1.807, 2.05) is 24.3 Å². The van der Waals surface area contributed by atoms with Crippen LogP contribution in [0.3, 0.4) is 0 Å². The van der Waals surface area contributed by atoms with Gasteiger partial charge < -0.3 is 9.52 Å². The van der Waals surface area contributed by atoms with Crippen LogP contribution in [-0.4, -0.2) is 5.11 Å². The Labute approximate surface area is 124 Å². The van der Waals surface area contributed by atoms with Crippen molar-refractivity contribution in [2.75, 3.05) is 0 Å². The molecule has 0 saturated carbocycles. The van der Waals surface area contributed by atoms with E-state index in [-0.39, 0.29) is 12.2 Å². The molecule has 3 rings (SSSR count). The molecule has 0 radical (unpaired) electrons. The number of rotatable bonds is 3. The van der Waals surface area contributed by atoms with E-state index in [2.05, 4.69) is 15.9 Å². The highest BCUT2D eigenvalue weighted by Gasteiger charge is 2.16. The van der Waals surface area contributed by atoms with Crippen LogP contribution in [0.25, 0.3) is 11.0 Å². The van der Waals surface area contributed by atoms with Crippen LogP contribution >= 0.6 is 15.9 Å². The van der Waals surface area contributed by atoms with Gasteiger partial charge in [0.1, 0.15) is 23.3 Å². The molecule has 0 amide bonds. The molecule has 1 atom stereocenters. The maximum atomic E-state index is 13.7. The first-order valence-corrected chi connectivity index (χ1v) is 7.03. The van der Waals surface area contributed by atoms with Crippen molar-refractivity contribution in [3.63, 3.8) is 0 Å². The van der Waals surface area contributed by atoms with Crippen LogP contribution in [0.4, 0.5) is 4.39 Å². The lowest BCUT2D eigenvalue weighted by Gasteiger charge is -2.09. The predicted molar refractivity (Wildman–Crippen MR) is 79.0 cm³/mol. The summed E-state index contributed by atoms with van der Waals surface area (Å²) in [5.74, 6) is 0.119. The van der Waals surface area contributed by atoms with Crippen molar-refractivity contribution in [1.29, 1.82) is 0 Å². The summed E-state index contributed by atoms with van der Waals surface area (Å²) in [4.78, 5) is 0. The molecule has 1 unspecified atom stereocenters. The summed E-state index contributed by atoms with van der Waals surface area (Å²) in [6, 6.07) is 14.0. The van der Waals surface area contributed by atoms with Crippen LogP contribution < -0.4 is 0 Å². The van der Waals surface area contributed by atoms with Gasteiger partial charge in [0.05, 0.1) is 0 Å². The molecule has 1 heterocycles. The normalized spacial score (nSPS) is 12.8. The Bertz CT molecular complexity index is 718. The van der Waals surface area contributed by atoms with Crippen LogP contribution in [0.5, 0.6) is 0 Å². The van der Waals surface area contributed by atoms with E-state index in [9.17, 15) is 9.50 Å². The van der Waals surface area contributed by atoms with Gasteiger partial charge in [0.2, 0.25) is 0 Å². The summed E-state index contributed by atoms with van der Waals surface area (Å²) in [5.41, 5.74) is 1.17. The van der Waals surface area contributed by atoms with Crippen LogP contribution in [0.2, 0.25) is 0 Å². The lowest BCUT2D eigenvalue weighted by Crippen LogP contribution is -2.02. The van der Waals surface area contributed by atoms with Gasteiger partial charge in [0, 0.05) is 16.3 Å². The molecule has 102 valence electrons. The van der Waals surface area contributed by atoms with Crippen LogP contribution in [0.15, 0.2) is 57.4 Å². The Morgan fingerprint density at radius 1 is 1.15 bits per heavy atom. The van der Waals surface area contributed by atoms with Gasteiger partial charge in [0.15, 0.2) is 0 Å². The molecule has 0 aliphatic carbocycles. The molecular formula is C16H12BrFO2. The largest absolute Gasteiger partial charge is 0.458 e. The molecule has 0 fully saturated rings. The third-order valence-corrected chi connectivity index (χ3v) is 3.69. The number of aliphatic hydroxyl groups excluding tert-OH is 1. The maximum Gasteiger partial charge on any atom is 0.134 e. The predicted octanol–water partition coefficient (Wildman–Crippen LogP) is 4.61. The second-order valence-corrected chi connectivity index (χ2v) is 5.56. The van der Waals surface area contributed by atoms with Gasteiger partial charge in [-0.15, -0.1) is 0 Å². The Balaban J connectivity index is 1.88. The molecule has 1 N–H and O–H groups in total. The molecule has 4 heteroatoms. The van der Waals surface area contributed by atoms with E-state index in [1.54, 1.807) is 18.2 Å². The number of fused-ring (bicyclic) bond motifs is 1. The van der Waals surface area contributed by atoms with E-state index in [4.69, 9.17) is 4.42 Å². The summed E-state index contributed by atoms with van der Waals surface area (Å²) < 4.78 is 20.1. The topological polar surface area (TPSA) is 33.4 Å². The Kier molecular flexibility index (Phi) is 3.59. The van der Waals surface area contributed by atoms with E-state index < -0.39 is 6.10 Å². The number of para-hydroxylation sites is 1. The van der Waals surface area contributed by atoms with Gasteiger partial charge in [-0.3, -0.25) is 0 Å². The molecule has 2 aromatic carbocycles. The fourth-order valence-electron chi connectivity index (χ4n) is 2.18. The fraction of sp³-hybridized carbons (Fsp3) is 0.125. The van der Waals surface area contributed by atoms with Gasteiger partial charge >= 0.3 is 0 Å². The molecule has 0 bridgehead atoms. The standard InChI is InChI=1S/C16H12BrFO2/c17-12-5-6-13(18)11(7-12)8-14(19)16-9-10-3-1-2-4-15(10)20-16/h1-7,9,14,19H,8H2. The van der Waals surface area contributed by atoms with Crippen LogP contribution in [-0.2, 0) is 6.42 Å². The van der Waals surface area contributed by atoms with Crippen molar-refractivity contribution in [2.45, 2.75) is 12.5 Å². The van der Waals surface area contributed by atoms with Crippen molar-refractivity contribution in [1.82, 2.24) is 0 Å². The molecule has 0 spiro atoms. The Morgan fingerprint density at radius 3 is 2.75 bits per heavy atom. The summed E-state index contributed by atoms with van der Waals surface area (Å²) in [7, 11) is 0. The average molecular weight is 335 g/mol. The van der Waals surface area contributed by atoms with Crippen molar-refractivity contribution in [3.05, 3.63) is 70.1 Å². The molecule has 0 aliphatic rings. The first-order chi connectivity index (χ1) is 9.63. The van der Waals surface area contributed by atoms with Gasteiger partial charge in [0.25, 0.3) is 0 Å². The quantitative estimate of drug-likeness (QED) is 0.758. The first-order valence-electron chi connectivity index (χ1n) is 6.24. The van der Waals surface area contributed by atoms with Gasteiger partial charge in [-0.1, -0.05) is 34.1 Å². The summed E-state index contributed by atoms with van der Waals surface area (Å²) in [6.45, 7) is 0. The summed E-state index contributed by atoms with van der Waals surface area (Å²) >= 11 is 3.30. The molecule has 2 nitrogen and oxygen atoms in total. The second-order valence-electron chi connectivity index (χ2n) is 4.64. The van der Waals surface area contributed by atoms with Crippen molar-refractivity contribution in [2.24, 2.45) is 0 Å². The van der Waals surface area contributed by atoms with E-state index in [1.165, 1.54) is 6.07 Å². The molecule has 3 aromatic rings. The zero-order valence-corrected chi connectivity index (χ0v) is 12.1. The number of aliphatic hydroxyl groups is 1. The molecular weight excluding hydrogens is 323 g/mol. The highest BCUT2D eigenvalue weighted by atomic mass is 79.9. The van der Waals surface area contributed by atoms with Crippen molar-refractivity contribution < 1.29 is 13.9 Å². The average Bonchev–Trinajstić information content (AvgIpc) is 2.87. The third-order valence-electron chi connectivity index (χ3n) is 3.19. The highest BCUT2D eigenvalue weighted by Crippen LogP contribution is 2.27. The highest BCUT2D eigenvalue weighted by molar-refractivity contribution is 9.10. The second kappa shape index (κ2) is 5.38. The fourth-order valence-corrected chi connectivity index (χ4v) is 2.58. The number of hydrogen-bond donors (Lipinski definition) is 1. The molecule has 20 heavy (non-hydrogen) atoms. The Hall–Kier alpha value is -1.65.